The van der Waals surface area contributed by atoms with Gasteiger partial charge < -0.3 is 15.0 Å². The number of hydrogen-bond donors (Lipinski definition) is 1. The van der Waals surface area contributed by atoms with Crippen LogP contribution in [-0.4, -0.2) is 37.2 Å². The van der Waals surface area contributed by atoms with Gasteiger partial charge in [-0.1, -0.05) is 29.8 Å². The first-order chi connectivity index (χ1) is 13.2. The van der Waals surface area contributed by atoms with Crippen LogP contribution in [0.4, 0.5) is 10.8 Å². The number of nitrogens with one attached hydrogen (secondary N) is 1. The third kappa shape index (κ3) is 4.18. The van der Waals surface area contributed by atoms with Crippen LogP contribution in [0.1, 0.15) is 15.9 Å². The summed E-state index contributed by atoms with van der Waals surface area (Å²) in [5.74, 6) is -0.102. The Morgan fingerprint density at radius 1 is 1.15 bits per heavy atom. The molecule has 1 aliphatic rings. The van der Waals surface area contributed by atoms with Crippen molar-refractivity contribution in [1.82, 2.24) is 4.98 Å². The van der Waals surface area contributed by atoms with E-state index < -0.39 is 0 Å². The van der Waals surface area contributed by atoms with E-state index in [0.717, 1.165) is 53.9 Å². The summed E-state index contributed by atoms with van der Waals surface area (Å²) < 4.78 is 5.40. The second-order valence-corrected chi connectivity index (χ2v) is 7.35. The Kier molecular flexibility index (Phi) is 5.18. The molecule has 1 aliphatic heterocycles. The average molecular weight is 379 g/mol. The van der Waals surface area contributed by atoms with Crippen molar-refractivity contribution >= 4 is 28.1 Å². The number of thiazole rings is 1. The lowest BCUT2D eigenvalue weighted by Crippen LogP contribution is -2.36. The van der Waals surface area contributed by atoms with Gasteiger partial charge in [0.1, 0.15) is 0 Å². The van der Waals surface area contributed by atoms with Gasteiger partial charge in [0.25, 0.3) is 5.91 Å². The van der Waals surface area contributed by atoms with Gasteiger partial charge in [-0.15, -0.1) is 11.3 Å². The number of carbonyl (C=O) groups is 1. The van der Waals surface area contributed by atoms with Crippen LogP contribution in [0.3, 0.4) is 0 Å². The molecule has 2 aromatic carbocycles. The third-order valence-electron chi connectivity index (χ3n) is 4.49. The van der Waals surface area contributed by atoms with Crippen molar-refractivity contribution in [3.8, 4) is 11.3 Å². The SMILES string of the molecule is Cc1cccc(C(=O)Nc2ccc(-c3csc(N4CCOCC4)n3)cc2)c1. The van der Waals surface area contributed by atoms with E-state index in [1.165, 1.54) is 0 Å². The quantitative estimate of drug-likeness (QED) is 0.738. The van der Waals surface area contributed by atoms with Gasteiger partial charge in [0.15, 0.2) is 5.13 Å². The van der Waals surface area contributed by atoms with Crippen LogP contribution >= 0.6 is 11.3 Å². The molecule has 1 N–H and O–H groups in total. The number of hydrogen-bond acceptors (Lipinski definition) is 5. The fourth-order valence-corrected chi connectivity index (χ4v) is 3.90. The smallest absolute Gasteiger partial charge is 0.255 e. The molecular weight excluding hydrogens is 358 g/mol. The van der Waals surface area contributed by atoms with Crippen LogP contribution in [0.2, 0.25) is 0 Å². The zero-order valence-electron chi connectivity index (χ0n) is 15.1. The Balaban J connectivity index is 1.44. The van der Waals surface area contributed by atoms with Crippen LogP contribution in [0.5, 0.6) is 0 Å². The minimum absolute atomic E-state index is 0.102. The number of aryl methyl sites for hydroxylation is 1. The number of ether oxygens (including phenoxy) is 1. The van der Waals surface area contributed by atoms with Crippen molar-refractivity contribution in [1.29, 1.82) is 0 Å². The standard InChI is InChI=1S/C21H21N3O2S/c1-15-3-2-4-17(13-15)20(25)22-18-7-5-16(6-8-18)19-14-27-21(23-19)24-9-11-26-12-10-24/h2-8,13-14H,9-12H2,1H3,(H,22,25). The van der Waals surface area contributed by atoms with Gasteiger partial charge >= 0.3 is 0 Å². The molecule has 6 heteroatoms. The van der Waals surface area contributed by atoms with Gasteiger partial charge in [-0.3, -0.25) is 4.79 Å². The number of morpholine rings is 1. The molecule has 0 saturated carbocycles. The maximum Gasteiger partial charge on any atom is 0.255 e. The average Bonchev–Trinajstić information content (AvgIpc) is 3.19. The first kappa shape index (κ1) is 17.7. The molecule has 1 aromatic heterocycles. The Morgan fingerprint density at radius 2 is 1.93 bits per heavy atom. The monoisotopic (exact) mass is 379 g/mol. The lowest BCUT2D eigenvalue weighted by molar-refractivity contribution is 0.102. The van der Waals surface area contributed by atoms with E-state index in [9.17, 15) is 4.79 Å². The highest BCUT2D eigenvalue weighted by Gasteiger charge is 2.15. The molecule has 5 nitrogen and oxygen atoms in total. The molecule has 0 atom stereocenters. The number of rotatable bonds is 4. The van der Waals surface area contributed by atoms with E-state index in [4.69, 9.17) is 9.72 Å². The summed E-state index contributed by atoms with van der Waals surface area (Å²) in [6, 6.07) is 15.4. The minimum Gasteiger partial charge on any atom is -0.378 e. The predicted octanol–water partition coefficient (Wildman–Crippen LogP) is 4.21. The molecule has 1 amide bonds. The number of amides is 1. The van der Waals surface area contributed by atoms with E-state index in [1.807, 2.05) is 55.5 Å². The molecule has 0 aliphatic carbocycles. The van der Waals surface area contributed by atoms with Crippen molar-refractivity contribution in [2.75, 3.05) is 36.5 Å². The van der Waals surface area contributed by atoms with Crippen molar-refractivity contribution in [3.05, 3.63) is 65.0 Å². The summed E-state index contributed by atoms with van der Waals surface area (Å²) in [5.41, 5.74) is 4.50. The summed E-state index contributed by atoms with van der Waals surface area (Å²) >= 11 is 1.65. The molecular formula is C21H21N3O2S. The number of anilines is 2. The van der Waals surface area contributed by atoms with E-state index in [-0.39, 0.29) is 5.91 Å². The van der Waals surface area contributed by atoms with Crippen molar-refractivity contribution < 1.29 is 9.53 Å². The van der Waals surface area contributed by atoms with Gasteiger partial charge in [0, 0.05) is 35.3 Å². The third-order valence-corrected chi connectivity index (χ3v) is 5.39. The van der Waals surface area contributed by atoms with Crippen LogP contribution in [-0.2, 0) is 4.74 Å². The minimum atomic E-state index is -0.102. The van der Waals surface area contributed by atoms with Gasteiger partial charge in [0.2, 0.25) is 0 Å². The van der Waals surface area contributed by atoms with Gasteiger partial charge in [-0.05, 0) is 31.2 Å². The topological polar surface area (TPSA) is 54.5 Å². The van der Waals surface area contributed by atoms with Crippen molar-refractivity contribution in [3.63, 3.8) is 0 Å². The van der Waals surface area contributed by atoms with Crippen LogP contribution in [0, 0.1) is 6.92 Å². The maximum atomic E-state index is 12.4. The Morgan fingerprint density at radius 3 is 2.67 bits per heavy atom. The molecule has 4 rings (SSSR count). The maximum absolute atomic E-state index is 12.4. The molecule has 0 spiro atoms. The molecule has 1 fully saturated rings. The van der Waals surface area contributed by atoms with E-state index in [1.54, 1.807) is 11.3 Å². The number of benzene rings is 2. The first-order valence-corrected chi connectivity index (χ1v) is 9.84. The molecule has 2 heterocycles. The van der Waals surface area contributed by atoms with Gasteiger partial charge in [-0.2, -0.15) is 0 Å². The summed E-state index contributed by atoms with van der Waals surface area (Å²) in [7, 11) is 0. The second-order valence-electron chi connectivity index (χ2n) is 6.52. The molecule has 3 aromatic rings. The molecule has 27 heavy (non-hydrogen) atoms. The summed E-state index contributed by atoms with van der Waals surface area (Å²) in [5, 5.41) is 6.05. The van der Waals surface area contributed by atoms with E-state index in [2.05, 4.69) is 15.6 Å². The Labute approximate surface area is 162 Å². The number of aromatic nitrogens is 1. The summed E-state index contributed by atoms with van der Waals surface area (Å²) in [6.07, 6.45) is 0. The molecule has 0 unspecified atom stereocenters. The first-order valence-electron chi connectivity index (χ1n) is 8.96. The van der Waals surface area contributed by atoms with Gasteiger partial charge in [0.05, 0.1) is 18.9 Å². The van der Waals surface area contributed by atoms with Crippen LogP contribution < -0.4 is 10.2 Å². The molecule has 0 radical (unpaired) electrons. The van der Waals surface area contributed by atoms with Gasteiger partial charge in [-0.25, -0.2) is 4.98 Å². The molecule has 0 bridgehead atoms. The Bertz CT molecular complexity index is 931. The van der Waals surface area contributed by atoms with E-state index >= 15 is 0 Å². The highest BCUT2D eigenvalue weighted by molar-refractivity contribution is 7.14. The zero-order chi connectivity index (χ0) is 18.6. The molecule has 1 saturated heterocycles. The zero-order valence-corrected chi connectivity index (χ0v) is 16.0. The number of carbonyl (C=O) groups excluding carboxylic acids is 1. The molecule has 138 valence electrons. The Hall–Kier alpha value is -2.70. The van der Waals surface area contributed by atoms with Crippen LogP contribution in [0.15, 0.2) is 53.9 Å². The lowest BCUT2D eigenvalue weighted by atomic mass is 10.1. The predicted molar refractivity (Wildman–Crippen MR) is 110 cm³/mol. The fraction of sp³-hybridized carbons (Fsp3) is 0.238. The second kappa shape index (κ2) is 7.90. The fourth-order valence-electron chi connectivity index (χ4n) is 3.01. The summed E-state index contributed by atoms with van der Waals surface area (Å²) in [6.45, 7) is 5.26. The van der Waals surface area contributed by atoms with Crippen molar-refractivity contribution in [2.24, 2.45) is 0 Å². The van der Waals surface area contributed by atoms with Crippen molar-refractivity contribution in [2.45, 2.75) is 6.92 Å². The van der Waals surface area contributed by atoms with Crippen LogP contribution in [0.25, 0.3) is 11.3 Å². The highest BCUT2D eigenvalue weighted by atomic mass is 32.1. The summed E-state index contributed by atoms with van der Waals surface area (Å²) in [4.78, 5) is 19.4. The highest BCUT2D eigenvalue weighted by Crippen LogP contribution is 2.28. The lowest BCUT2D eigenvalue weighted by Gasteiger charge is -2.26. The van der Waals surface area contributed by atoms with E-state index in [0.29, 0.717) is 5.56 Å². The number of nitrogens with zero attached hydrogens (tertiary/aromatic N) is 2. The normalized spacial score (nSPS) is 14.2. The largest absolute Gasteiger partial charge is 0.378 e.